The summed E-state index contributed by atoms with van der Waals surface area (Å²) in [4.78, 5) is 0. The van der Waals surface area contributed by atoms with E-state index in [0.717, 1.165) is 5.92 Å². The van der Waals surface area contributed by atoms with Crippen LogP contribution in [0.3, 0.4) is 0 Å². The van der Waals surface area contributed by atoms with Crippen LogP contribution in [0.15, 0.2) is 0 Å². The summed E-state index contributed by atoms with van der Waals surface area (Å²) in [5, 5.41) is 20.1. The van der Waals surface area contributed by atoms with Crippen molar-refractivity contribution >= 4 is 31.9 Å². The van der Waals surface area contributed by atoms with Crippen molar-refractivity contribution in [1.82, 2.24) is 0 Å². The van der Waals surface area contributed by atoms with Gasteiger partial charge in [0.05, 0.1) is 4.32 Å². The molecule has 6 rings (SSSR count). The molecule has 0 heterocycles. The van der Waals surface area contributed by atoms with Gasteiger partial charge in [-0.15, -0.1) is 0 Å². The summed E-state index contributed by atoms with van der Waals surface area (Å²) in [5.74, 6) is 1.67. The highest BCUT2D eigenvalue weighted by molar-refractivity contribution is 9.10. The fourth-order valence-corrected chi connectivity index (χ4v) is 8.81. The average molecular weight is 308 g/mol. The van der Waals surface area contributed by atoms with Crippen molar-refractivity contribution in [3.63, 3.8) is 0 Å². The van der Waals surface area contributed by atoms with Crippen molar-refractivity contribution in [3.05, 3.63) is 0 Å². The molecule has 0 amide bonds. The maximum Gasteiger partial charge on any atom is 0.182 e. The van der Waals surface area contributed by atoms with E-state index >= 15 is 0 Å². The quantitative estimate of drug-likeness (QED) is 0.511. The molecule has 13 heavy (non-hydrogen) atoms. The van der Waals surface area contributed by atoms with E-state index in [0.29, 0.717) is 28.0 Å². The molecule has 4 unspecified atom stereocenters. The van der Waals surface area contributed by atoms with Crippen molar-refractivity contribution in [3.8, 4) is 0 Å². The molecule has 8 atom stereocenters. The minimum absolute atomic E-state index is 0.159. The van der Waals surface area contributed by atoms with E-state index in [-0.39, 0.29) is 10.2 Å². The van der Waals surface area contributed by atoms with Crippen LogP contribution < -0.4 is 0 Å². The van der Waals surface area contributed by atoms with Crippen LogP contribution in [0.5, 0.6) is 0 Å². The molecule has 2 bridgehead atoms. The molecule has 0 aromatic carbocycles. The van der Waals surface area contributed by atoms with E-state index in [1.807, 2.05) is 0 Å². The van der Waals surface area contributed by atoms with Gasteiger partial charge in [0.1, 0.15) is 0 Å². The second kappa shape index (κ2) is 1.34. The number of rotatable bonds is 0. The zero-order valence-corrected chi connectivity index (χ0v) is 9.79. The number of hydrogen-bond acceptors (Lipinski definition) is 2. The molecule has 4 heteroatoms. The lowest BCUT2D eigenvalue weighted by molar-refractivity contribution is -0.337. The first-order valence-electron chi connectivity index (χ1n) is 4.81. The maximum atomic E-state index is 10.1. The van der Waals surface area contributed by atoms with Crippen LogP contribution >= 0.6 is 31.9 Å². The Balaban J connectivity index is 1.85. The van der Waals surface area contributed by atoms with E-state index in [2.05, 4.69) is 31.9 Å². The van der Waals surface area contributed by atoms with E-state index < -0.39 is 5.79 Å². The van der Waals surface area contributed by atoms with Crippen LogP contribution in [0.4, 0.5) is 0 Å². The Morgan fingerprint density at radius 1 is 0.769 bits per heavy atom. The SMILES string of the molecule is OC1(O)C2[C@@H]3[C@@H]4C5[C@H]([C@H]2C53Br)C41Br. The molecular weight excluding hydrogens is 300 g/mol. The molecule has 0 aromatic rings. The molecule has 70 valence electrons. The van der Waals surface area contributed by atoms with Gasteiger partial charge in [0.25, 0.3) is 0 Å². The van der Waals surface area contributed by atoms with E-state index in [4.69, 9.17) is 0 Å². The first kappa shape index (κ1) is 7.20. The normalized spacial score (nSPS) is 87.7. The van der Waals surface area contributed by atoms with Gasteiger partial charge < -0.3 is 10.2 Å². The summed E-state index contributed by atoms with van der Waals surface area (Å²) in [6, 6.07) is 0. The molecule has 6 aliphatic rings. The van der Waals surface area contributed by atoms with Gasteiger partial charge in [-0.1, -0.05) is 31.9 Å². The third kappa shape index (κ3) is 0.312. The number of aliphatic hydroxyl groups is 2. The van der Waals surface area contributed by atoms with E-state index in [9.17, 15) is 10.2 Å². The van der Waals surface area contributed by atoms with Crippen LogP contribution in [0.25, 0.3) is 0 Å². The van der Waals surface area contributed by atoms with Crippen molar-refractivity contribution in [2.75, 3.05) is 0 Å². The van der Waals surface area contributed by atoms with Gasteiger partial charge in [0.15, 0.2) is 5.79 Å². The monoisotopic (exact) mass is 306 g/mol. The smallest absolute Gasteiger partial charge is 0.182 e. The van der Waals surface area contributed by atoms with Crippen LogP contribution in [0.2, 0.25) is 0 Å². The Labute approximate surface area is 92.0 Å². The number of hydrogen-bond donors (Lipinski definition) is 2. The molecule has 0 spiro atoms. The minimum atomic E-state index is -1.41. The Morgan fingerprint density at radius 2 is 1.23 bits per heavy atom. The molecule has 2 N–H and O–H groups in total. The molecule has 6 aliphatic carbocycles. The first-order chi connectivity index (χ1) is 5.98. The van der Waals surface area contributed by atoms with Crippen molar-refractivity contribution < 1.29 is 10.2 Å². The Morgan fingerprint density at radius 3 is 1.62 bits per heavy atom. The summed E-state index contributed by atoms with van der Waals surface area (Å²) >= 11 is 7.42. The van der Waals surface area contributed by atoms with Crippen molar-refractivity contribution in [2.45, 2.75) is 14.4 Å². The first-order valence-corrected chi connectivity index (χ1v) is 6.39. The molecule has 0 aromatic heterocycles. The highest BCUT2D eigenvalue weighted by Gasteiger charge is 3.07. The van der Waals surface area contributed by atoms with Gasteiger partial charge >= 0.3 is 0 Å². The van der Waals surface area contributed by atoms with Crippen LogP contribution in [-0.2, 0) is 0 Å². The second-order valence-corrected chi connectivity index (χ2v) is 8.16. The third-order valence-corrected chi connectivity index (χ3v) is 9.08. The highest BCUT2D eigenvalue weighted by atomic mass is 79.9. The van der Waals surface area contributed by atoms with Crippen molar-refractivity contribution in [2.24, 2.45) is 35.5 Å². The zero-order valence-electron chi connectivity index (χ0n) is 6.61. The predicted molar refractivity (Wildman–Crippen MR) is 51.4 cm³/mol. The lowest BCUT2D eigenvalue weighted by Crippen LogP contribution is -2.93. The molecule has 6 saturated carbocycles. The summed E-state index contributed by atoms with van der Waals surface area (Å²) in [6.07, 6.45) is 0. The predicted octanol–water partition coefficient (Wildman–Crippen LogP) is 0.700. The highest BCUT2D eigenvalue weighted by Crippen LogP contribution is 3.02. The van der Waals surface area contributed by atoms with Crippen LogP contribution in [0.1, 0.15) is 0 Å². The Kier molecular flexibility index (Phi) is 0.740. The third-order valence-electron chi connectivity index (χ3n) is 5.85. The molecular formula is C9H8Br2O2. The molecule has 0 saturated heterocycles. The van der Waals surface area contributed by atoms with Crippen molar-refractivity contribution in [1.29, 1.82) is 0 Å². The standard InChI is InChI=1S/C9H8Br2O2/c10-7-1-4-2(7)6-3(7)5(1)8(4,11)9(6,12)13/h1-6,12-13H/t1?,2-,3+,4-,5+,6?,7?,8?. The lowest BCUT2D eigenvalue weighted by atomic mass is 9.20. The average Bonchev–Trinajstić information content (AvgIpc) is 2.20. The molecule has 0 radical (unpaired) electrons. The summed E-state index contributed by atoms with van der Waals surface area (Å²) < 4.78 is 0.0255. The summed E-state index contributed by atoms with van der Waals surface area (Å²) in [6.45, 7) is 0. The van der Waals surface area contributed by atoms with E-state index in [1.54, 1.807) is 0 Å². The Bertz CT molecular complexity index is 360. The zero-order chi connectivity index (χ0) is 8.96. The van der Waals surface area contributed by atoms with Gasteiger partial charge in [-0.25, -0.2) is 0 Å². The molecule has 0 aliphatic heterocycles. The lowest BCUT2D eigenvalue weighted by Gasteiger charge is -2.89. The van der Waals surface area contributed by atoms with Gasteiger partial charge in [0, 0.05) is 10.2 Å². The van der Waals surface area contributed by atoms with Gasteiger partial charge in [0.2, 0.25) is 0 Å². The summed E-state index contributed by atoms with van der Waals surface area (Å²) in [5.41, 5.74) is 0. The summed E-state index contributed by atoms with van der Waals surface area (Å²) in [7, 11) is 0. The fraction of sp³-hybridized carbons (Fsp3) is 1.00. The largest absolute Gasteiger partial charge is 0.364 e. The second-order valence-electron chi connectivity index (χ2n) is 5.48. The van der Waals surface area contributed by atoms with Gasteiger partial charge in [-0.2, -0.15) is 0 Å². The van der Waals surface area contributed by atoms with Crippen LogP contribution in [0, 0.1) is 35.5 Å². The topological polar surface area (TPSA) is 40.5 Å². The maximum absolute atomic E-state index is 10.1. The fourth-order valence-electron chi connectivity index (χ4n) is 5.70. The number of halogens is 2. The van der Waals surface area contributed by atoms with Gasteiger partial charge in [-0.05, 0) is 29.6 Å². The van der Waals surface area contributed by atoms with E-state index in [1.165, 1.54) is 0 Å². The minimum Gasteiger partial charge on any atom is -0.364 e. The Hall–Kier alpha value is 0.880. The molecule has 2 nitrogen and oxygen atoms in total. The van der Waals surface area contributed by atoms with Crippen LogP contribution in [-0.4, -0.2) is 24.6 Å². The molecule has 6 fully saturated rings. The van der Waals surface area contributed by atoms with Gasteiger partial charge in [-0.3, -0.25) is 0 Å². The number of alkyl halides is 2.